The van der Waals surface area contributed by atoms with Gasteiger partial charge < -0.3 is 10.2 Å². The molecule has 5 nitrogen and oxygen atoms in total. The molecule has 3 heterocycles. The molecule has 2 aliphatic heterocycles. The van der Waals surface area contributed by atoms with Crippen LogP contribution in [0.15, 0.2) is 18.2 Å². The van der Waals surface area contributed by atoms with Crippen LogP contribution in [-0.2, 0) is 12.8 Å². The number of nitrogens with zero attached hydrogens (tertiary/aromatic N) is 3. The third-order valence-electron chi connectivity index (χ3n) is 5.96. The van der Waals surface area contributed by atoms with Gasteiger partial charge in [-0.25, -0.2) is 13.5 Å². The summed E-state index contributed by atoms with van der Waals surface area (Å²) in [5.41, 5.74) is 2.86. The highest BCUT2D eigenvalue weighted by Crippen LogP contribution is 2.32. The first-order chi connectivity index (χ1) is 12.6. The summed E-state index contributed by atoms with van der Waals surface area (Å²) >= 11 is 0. The second-order valence-electron chi connectivity index (χ2n) is 7.53. The van der Waals surface area contributed by atoms with Crippen molar-refractivity contribution in [2.24, 2.45) is 11.8 Å². The molecule has 0 radical (unpaired) electrons. The van der Waals surface area contributed by atoms with Crippen LogP contribution in [0.3, 0.4) is 0 Å². The van der Waals surface area contributed by atoms with Crippen molar-refractivity contribution >= 4 is 5.91 Å². The summed E-state index contributed by atoms with van der Waals surface area (Å²) in [5, 5.41) is 7.91. The Morgan fingerprint density at radius 2 is 1.88 bits per heavy atom. The molecule has 0 spiro atoms. The molecular formula is C19H20F2N4O. The van der Waals surface area contributed by atoms with Crippen molar-refractivity contribution < 1.29 is 13.6 Å². The molecule has 3 aliphatic rings. The summed E-state index contributed by atoms with van der Waals surface area (Å²) in [7, 11) is 0. The van der Waals surface area contributed by atoms with Crippen molar-refractivity contribution in [3.05, 3.63) is 46.8 Å². The van der Waals surface area contributed by atoms with Gasteiger partial charge >= 0.3 is 0 Å². The van der Waals surface area contributed by atoms with Crippen LogP contribution in [0, 0.1) is 23.5 Å². The van der Waals surface area contributed by atoms with E-state index in [0.717, 1.165) is 68.8 Å². The number of amides is 1. The minimum absolute atomic E-state index is 0.0288. The smallest absolute Gasteiger partial charge is 0.274 e. The second-order valence-corrected chi connectivity index (χ2v) is 7.53. The van der Waals surface area contributed by atoms with Crippen LogP contribution >= 0.6 is 0 Å². The van der Waals surface area contributed by atoms with Gasteiger partial charge in [-0.2, -0.15) is 5.10 Å². The minimum atomic E-state index is -0.905. The predicted octanol–water partition coefficient (Wildman–Crippen LogP) is 1.93. The summed E-state index contributed by atoms with van der Waals surface area (Å²) in [4.78, 5) is 15.0. The van der Waals surface area contributed by atoms with E-state index in [1.54, 1.807) is 4.68 Å². The average Bonchev–Trinajstić information content (AvgIpc) is 3.36. The molecule has 0 bridgehead atoms. The number of aromatic nitrogens is 2. The normalized spacial score (nSPS) is 24.2. The van der Waals surface area contributed by atoms with Gasteiger partial charge in [-0.15, -0.1) is 0 Å². The first kappa shape index (κ1) is 15.9. The largest absolute Gasteiger partial charge is 0.337 e. The van der Waals surface area contributed by atoms with Crippen molar-refractivity contribution in [1.29, 1.82) is 0 Å². The molecular weight excluding hydrogens is 338 g/mol. The van der Waals surface area contributed by atoms with E-state index in [2.05, 4.69) is 10.4 Å². The number of nitrogens with one attached hydrogen (secondary N) is 1. The molecule has 1 N–H and O–H groups in total. The number of fused-ring (bicyclic) bond motifs is 2. The molecule has 0 unspecified atom stereocenters. The quantitative estimate of drug-likeness (QED) is 0.893. The molecule has 2 atom stereocenters. The monoisotopic (exact) mass is 358 g/mol. The van der Waals surface area contributed by atoms with Crippen LogP contribution in [0.25, 0.3) is 5.69 Å². The van der Waals surface area contributed by atoms with Gasteiger partial charge in [0.25, 0.3) is 5.91 Å². The van der Waals surface area contributed by atoms with Crippen molar-refractivity contribution in [3.63, 3.8) is 0 Å². The SMILES string of the molecule is O=C(c1nn(-c2ccc(F)c(F)c2)c2c1CCC2)N1C[C@H]2CNC[C@H]2C1. The fourth-order valence-corrected chi connectivity index (χ4v) is 4.61. The number of rotatable bonds is 2. The van der Waals surface area contributed by atoms with E-state index < -0.39 is 11.6 Å². The topological polar surface area (TPSA) is 50.2 Å². The van der Waals surface area contributed by atoms with Gasteiger partial charge in [-0.05, 0) is 43.2 Å². The Labute approximate surface area is 150 Å². The molecule has 2 aromatic rings. The van der Waals surface area contributed by atoms with E-state index in [1.165, 1.54) is 6.07 Å². The van der Waals surface area contributed by atoms with Crippen LogP contribution in [0.1, 0.15) is 28.2 Å². The van der Waals surface area contributed by atoms with E-state index in [0.29, 0.717) is 23.2 Å². The van der Waals surface area contributed by atoms with Crippen LogP contribution in [0.2, 0.25) is 0 Å². The summed E-state index contributed by atoms with van der Waals surface area (Å²) < 4.78 is 28.6. The maximum absolute atomic E-state index is 13.7. The second kappa shape index (κ2) is 5.87. The predicted molar refractivity (Wildman–Crippen MR) is 91.3 cm³/mol. The molecule has 1 amide bonds. The molecule has 136 valence electrons. The lowest BCUT2D eigenvalue weighted by Gasteiger charge is -2.16. The number of carbonyl (C=O) groups excluding carboxylic acids is 1. The number of benzene rings is 1. The molecule has 2 fully saturated rings. The molecule has 26 heavy (non-hydrogen) atoms. The number of carbonyl (C=O) groups is 1. The van der Waals surface area contributed by atoms with E-state index >= 15 is 0 Å². The Kier molecular flexibility index (Phi) is 3.60. The summed E-state index contributed by atoms with van der Waals surface area (Å²) in [5.74, 6) is -0.761. The fourth-order valence-electron chi connectivity index (χ4n) is 4.61. The zero-order valence-corrected chi connectivity index (χ0v) is 14.3. The lowest BCUT2D eigenvalue weighted by atomic mass is 10.0. The van der Waals surface area contributed by atoms with Gasteiger partial charge in [0.2, 0.25) is 0 Å². The van der Waals surface area contributed by atoms with Crippen LogP contribution in [0.4, 0.5) is 8.78 Å². The zero-order valence-electron chi connectivity index (χ0n) is 14.3. The zero-order chi connectivity index (χ0) is 17.8. The molecule has 2 saturated heterocycles. The van der Waals surface area contributed by atoms with Crippen LogP contribution < -0.4 is 5.32 Å². The van der Waals surface area contributed by atoms with Gasteiger partial charge in [0, 0.05) is 43.5 Å². The van der Waals surface area contributed by atoms with E-state index in [9.17, 15) is 13.6 Å². The van der Waals surface area contributed by atoms with Crippen molar-refractivity contribution in [2.75, 3.05) is 26.2 Å². The van der Waals surface area contributed by atoms with E-state index in [-0.39, 0.29) is 5.91 Å². The van der Waals surface area contributed by atoms with Gasteiger partial charge in [-0.3, -0.25) is 4.79 Å². The Morgan fingerprint density at radius 3 is 2.62 bits per heavy atom. The Hall–Kier alpha value is -2.28. The summed E-state index contributed by atoms with van der Waals surface area (Å²) in [6, 6.07) is 3.75. The number of hydrogen-bond donors (Lipinski definition) is 1. The lowest BCUT2D eigenvalue weighted by molar-refractivity contribution is 0.0774. The molecule has 1 aliphatic carbocycles. The van der Waals surface area contributed by atoms with E-state index in [4.69, 9.17) is 0 Å². The van der Waals surface area contributed by atoms with Crippen LogP contribution in [-0.4, -0.2) is 46.8 Å². The standard InChI is InChI=1S/C19H20F2N4O/c20-15-5-4-13(6-16(15)21)25-17-3-1-2-14(17)18(23-25)19(26)24-9-11-7-22-8-12(11)10-24/h4-6,11-12,22H,1-3,7-10H2/t11-,12+. The Balaban J connectivity index is 1.50. The summed E-state index contributed by atoms with van der Waals surface area (Å²) in [6.07, 6.45) is 2.55. The molecule has 5 rings (SSSR count). The molecule has 0 saturated carbocycles. The molecule has 7 heteroatoms. The number of hydrogen-bond acceptors (Lipinski definition) is 3. The maximum atomic E-state index is 13.7. The highest BCUT2D eigenvalue weighted by molar-refractivity contribution is 5.94. The highest BCUT2D eigenvalue weighted by atomic mass is 19.2. The van der Waals surface area contributed by atoms with Crippen molar-refractivity contribution in [2.45, 2.75) is 19.3 Å². The van der Waals surface area contributed by atoms with Gasteiger partial charge in [0.1, 0.15) is 0 Å². The Morgan fingerprint density at radius 1 is 1.12 bits per heavy atom. The fraction of sp³-hybridized carbons (Fsp3) is 0.474. The maximum Gasteiger partial charge on any atom is 0.274 e. The first-order valence-electron chi connectivity index (χ1n) is 9.18. The lowest BCUT2D eigenvalue weighted by Crippen LogP contribution is -2.32. The minimum Gasteiger partial charge on any atom is -0.337 e. The summed E-state index contributed by atoms with van der Waals surface area (Å²) in [6.45, 7) is 3.47. The van der Waals surface area contributed by atoms with Crippen molar-refractivity contribution in [1.82, 2.24) is 20.0 Å². The Bertz CT molecular complexity index is 882. The van der Waals surface area contributed by atoms with Gasteiger partial charge in [0.15, 0.2) is 17.3 Å². The van der Waals surface area contributed by atoms with Gasteiger partial charge in [-0.1, -0.05) is 0 Å². The van der Waals surface area contributed by atoms with Crippen LogP contribution in [0.5, 0.6) is 0 Å². The first-order valence-corrected chi connectivity index (χ1v) is 9.18. The van der Waals surface area contributed by atoms with E-state index in [1.807, 2.05) is 4.90 Å². The number of likely N-dealkylation sites (tertiary alicyclic amines) is 1. The third-order valence-corrected chi connectivity index (χ3v) is 5.96. The third kappa shape index (κ3) is 2.37. The average molecular weight is 358 g/mol. The molecule has 1 aromatic carbocycles. The highest BCUT2D eigenvalue weighted by Gasteiger charge is 2.40. The number of halogens is 2. The van der Waals surface area contributed by atoms with Gasteiger partial charge in [0.05, 0.1) is 5.69 Å². The molecule has 1 aromatic heterocycles. The van der Waals surface area contributed by atoms with Crippen molar-refractivity contribution in [3.8, 4) is 5.69 Å².